The van der Waals surface area contributed by atoms with E-state index in [1.54, 1.807) is 34.6 Å². The number of carbonyl (C=O) groups excluding carboxylic acids is 2. The predicted molar refractivity (Wildman–Crippen MR) is 50.2 cm³/mol. The number of carbonyl (C=O) groups is 2. The molecule has 76 valence electrons. The summed E-state index contributed by atoms with van der Waals surface area (Å²) in [6.07, 6.45) is -0.616. The Hall–Kier alpha value is -0.860. The Labute approximate surface area is 79.5 Å². The zero-order chi connectivity index (χ0) is 10.6. The third kappa shape index (κ3) is 4.06. The molecule has 0 amide bonds. The summed E-state index contributed by atoms with van der Waals surface area (Å²) in [5, 5.41) is 0. The molecule has 0 aromatic carbocycles. The van der Waals surface area contributed by atoms with Crippen molar-refractivity contribution in [2.45, 2.75) is 40.7 Å². The Kier molecular flexibility index (Phi) is 4.67. The molecule has 0 bridgehead atoms. The molecule has 0 heterocycles. The van der Waals surface area contributed by atoms with Crippen LogP contribution in [-0.2, 0) is 14.3 Å². The molecule has 0 aromatic rings. The van der Waals surface area contributed by atoms with Gasteiger partial charge in [-0.3, -0.25) is 9.59 Å². The standard InChI is InChI=1S/C10H18O3/c1-6(2)9(11)8(5)13-10(12)7(3)4/h6-8H,1-5H3/t8-/m0/s1. The number of esters is 1. The zero-order valence-electron chi connectivity index (χ0n) is 8.96. The second-order valence-corrected chi connectivity index (χ2v) is 3.79. The van der Waals surface area contributed by atoms with Crippen molar-refractivity contribution in [3.63, 3.8) is 0 Å². The molecule has 0 radical (unpaired) electrons. The summed E-state index contributed by atoms with van der Waals surface area (Å²) in [5.74, 6) is -0.618. The summed E-state index contributed by atoms with van der Waals surface area (Å²) in [6.45, 7) is 8.69. The molecule has 0 saturated carbocycles. The van der Waals surface area contributed by atoms with Crippen LogP contribution in [0.1, 0.15) is 34.6 Å². The third-order valence-electron chi connectivity index (χ3n) is 1.73. The molecule has 0 aromatic heterocycles. The van der Waals surface area contributed by atoms with E-state index in [1.165, 1.54) is 0 Å². The largest absolute Gasteiger partial charge is 0.454 e. The molecule has 3 nitrogen and oxygen atoms in total. The van der Waals surface area contributed by atoms with Crippen molar-refractivity contribution in [1.29, 1.82) is 0 Å². The lowest BCUT2D eigenvalue weighted by atomic mass is 10.1. The highest BCUT2D eigenvalue weighted by molar-refractivity contribution is 5.86. The maximum absolute atomic E-state index is 11.3. The summed E-state index contributed by atoms with van der Waals surface area (Å²) in [6, 6.07) is 0. The number of rotatable bonds is 4. The fourth-order valence-electron chi connectivity index (χ4n) is 0.838. The molecule has 3 heteroatoms. The minimum Gasteiger partial charge on any atom is -0.454 e. The highest BCUT2D eigenvalue weighted by atomic mass is 16.5. The van der Waals surface area contributed by atoms with Crippen LogP contribution in [0.5, 0.6) is 0 Å². The highest BCUT2D eigenvalue weighted by Gasteiger charge is 2.21. The minimum absolute atomic E-state index is 0.0333. The van der Waals surface area contributed by atoms with E-state index in [4.69, 9.17) is 4.74 Å². The summed E-state index contributed by atoms with van der Waals surface area (Å²) in [7, 11) is 0. The topological polar surface area (TPSA) is 43.4 Å². The number of hydrogen-bond acceptors (Lipinski definition) is 3. The second kappa shape index (κ2) is 5.00. The van der Waals surface area contributed by atoms with Gasteiger partial charge in [-0.05, 0) is 6.92 Å². The fourth-order valence-corrected chi connectivity index (χ4v) is 0.838. The lowest BCUT2D eigenvalue weighted by Gasteiger charge is -2.15. The van der Waals surface area contributed by atoms with Crippen LogP contribution in [0.2, 0.25) is 0 Å². The Morgan fingerprint density at radius 1 is 0.923 bits per heavy atom. The van der Waals surface area contributed by atoms with Gasteiger partial charge in [-0.2, -0.15) is 0 Å². The van der Waals surface area contributed by atoms with Crippen molar-refractivity contribution in [2.24, 2.45) is 11.8 Å². The molecule has 0 unspecified atom stereocenters. The van der Waals surface area contributed by atoms with Crippen LogP contribution < -0.4 is 0 Å². The van der Waals surface area contributed by atoms with Gasteiger partial charge in [0.15, 0.2) is 11.9 Å². The summed E-state index contributed by atoms with van der Waals surface area (Å²) in [5.41, 5.74) is 0. The maximum Gasteiger partial charge on any atom is 0.309 e. The lowest BCUT2D eigenvalue weighted by Crippen LogP contribution is -2.29. The molecule has 0 spiro atoms. The normalized spacial score (nSPS) is 13.2. The van der Waals surface area contributed by atoms with Crippen molar-refractivity contribution >= 4 is 11.8 Å². The van der Waals surface area contributed by atoms with Gasteiger partial charge in [0.25, 0.3) is 0 Å². The molecule has 13 heavy (non-hydrogen) atoms. The first-order valence-corrected chi connectivity index (χ1v) is 4.60. The minimum atomic E-state index is -0.616. The van der Waals surface area contributed by atoms with Crippen LogP contribution in [0.3, 0.4) is 0 Å². The smallest absolute Gasteiger partial charge is 0.309 e. The van der Waals surface area contributed by atoms with Gasteiger partial charge in [-0.25, -0.2) is 0 Å². The van der Waals surface area contributed by atoms with Gasteiger partial charge in [0.05, 0.1) is 5.92 Å². The maximum atomic E-state index is 11.3. The lowest BCUT2D eigenvalue weighted by molar-refractivity contribution is -0.158. The van der Waals surface area contributed by atoms with Gasteiger partial charge >= 0.3 is 5.97 Å². The van der Waals surface area contributed by atoms with Crippen LogP contribution in [0.25, 0.3) is 0 Å². The summed E-state index contributed by atoms with van der Waals surface area (Å²) < 4.78 is 4.95. The van der Waals surface area contributed by atoms with Gasteiger partial charge in [-0.15, -0.1) is 0 Å². The first kappa shape index (κ1) is 12.1. The van der Waals surface area contributed by atoms with Gasteiger partial charge in [0.1, 0.15) is 0 Å². The van der Waals surface area contributed by atoms with Crippen LogP contribution in [-0.4, -0.2) is 17.9 Å². The van der Waals surface area contributed by atoms with E-state index in [9.17, 15) is 9.59 Å². The van der Waals surface area contributed by atoms with Gasteiger partial charge in [-0.1, -0.05) is 27.7 Å². The van der Waals surface area contributed by atoms with Crippen molar-refractivity contribution in [3.8, 4) is 0 Å². The molecule has 0 fully saturated rings. The Balaban J connectivity index is 4.08. The van der Waals surface area contributed by atoms with Gasteiger partial charge in [0, 0.05) is 5.92 Å². The Morgan fingerprint density at radius 2 is 1.38 bits per heavy atom. The van der Waals surface area contributed by atoms with Crippen molar-refractivity contribution in [1.82, 2.24) is 0 Å². The van der Waals surface area contributed by atoms with E-state index >= 15 is 0 Å². The number of ether oxygens (including phenoxy) is 1. The summed E-state index contributed by atoms with van der Waals surface area (Å²) >= 11 is 0. The van der Waals surface area contributed by atoms with Crippen LogP contribution in [0.4, 0.5) is 0 Å². The monoisotopic (exact) mass is 186 g/mol. The molecule has 0 aliphatic heterocycles. The molecule has 0 saturated heterocycles. The SMILES string of the molecule is CC(C)C(=O)O[C@@H](C)C(=O)C(C)C. The van der Waals surface area contributed by atoms with Gasteiger partial charge in [0.2, 0.25) is 0 Å². The van der Waals surface area contributed by atoms with Crippen molar-refractivity contribution in [3.05, 3.63) is 0 Å². The quantitative estimate of drug-likeness (QED) is 0.629. The molecule has 0 rings (SSSR count). The number of Topliss-reactive ketones (excluding diaryl/α,β-unsaturated/α-hetero) is 1. The number of hydrogen-bond donors (Lipinski definition) is 0. The molecule has 0 aliphatic carbocycles. The van der Waals surface area contributed by atoms with Crippen LogP contribution in [0, 0.1) is 11.8 Å². The average Bonchev–Trinajstić information content (AvgIpc) is 2.02. The first-order valence-electron chi connectivity index (χ1n) is 4.60. The van der Waals surface area contributed by atoms with E-state index < -0.39 is 6.10 Å². The zero-order valence-corrected chi connectivity index (χ0v) is 8.96. The molecule has 0 N–H and O–H groups in total. The molecular formula is C10H18O3. The Bertz CT molecular complexity index is 194. The van der Waals surface area contributed by atoms with Crippen molar-refractivity contribution < 1.29 is 14.3 Å². The summed E-state index contributed by atoms with van der Waals surface area (Å²) in [4.78, 5) is 22.4. The van der Waals surface area contributed by atoms with E-state index in [-0.39, 0.29) is 23.6 Å². The Morgan fingerprint density at radius 3 is 1.69 bits per heavy atom. The molecule has 1 atom stereocenters. The van der Waals surface area contributed by atoms with Gasteiger partial charge < -0.3 is 4.74 Å². The van der Waals surface area contributed by atoms with E-state index in [0.717, 1.165) is 0 Å². The van der Waals surface area contributed by atoms with Crippen molar-refractivity contribution in [2.75, 3.05) is 0 Å². The average molecular weight is 186 g/mol. The van der Waals surface area contributed by atoms with Crippen LogP contribution >= 0.6 is 0 Å². The fraction of sp³-hybridized carbons (Fsp3) is 0.800. The van der Waals surface area contributed by atoms with E-state index in [0.29, 0.717) is 0 Å². The number of ketones is 1. The van der Waals surface area contributed by atoms with E-state index in [2.05, 4.69) is 0 Å². The highest BCUT2D eigenvalue weighted by Crippen LogP contribution is 2.06. The van der Waals surface area contributed by atoms with Crippen LogP contribution in [0.15, 0.2) is 0 Å². The molecule has 0 aliphatic rings. The van der Waals surface area contributed by atoms with E-state index in [1.807, 2.05) is 0 Å². The third-order valence-corrected chi connectivity index (χ3v) is 1.73. The molecular weight excluding hydrogens is 168 g/mol. The predicted octanol–water partition coefficient (Wildman–Crippen LogP) is 1.80. The first-order chi connectivity index (χ1) is 5.86. The second-order valence-electron chi connectivity index (χ2n) is 3.79.